The summed E-state index contributed by atoms with van der Waals surface area (Å²) < 4.78 is 0. The Bertz CT molecular complexity index is 503. The number of carbonyl (C=O) groups is 2. The van der Waals surface area contributed by atoms with Crippen LogP contribution in [0.15, 0.2) is 0 Å². The van der Waals surface area contributed by atoms with Crippen molar-refractivity contribution in [3.8, 4) is 0 Å². The highest BCUT2D eigenvalue weighted by Crippen LogP contribution is 2.11. The molecule has 0 saturated heterocycles. The average molecular weight is 568 g/mol. The van der Waals surface area contributed by atoms with E-state index in [1.165, 1.54) is 116 Å². The van der Waals surface area contributed by atoms with Crippen LogP contribution in [0.3, 0.4) is 0 Å². The highest BCUT2D eigenvalue weighted by molar-refractivity contribution is 5.76. The van der Waals surface area contributed by atoms with E-state index in [9.17, 15) is 9.59 Å². The van der Waals surface area contributed by atoms with Gasteiger partial charge < -0.3 is 20.6 Å². The van der Waals surface area contributed by atoms with Crippen LogP contribution in [-0.2, 0) is 9.59 Å². The summed E-state index contributed by atoms with van der Waals surface area (Å²) in [5.41, 5.74) is 0. The van der Waals surface area contributed by atoms with Crippen molar-refractivity contribution in [3.05, 3.63) is 0 Å². The third-order valence-corrected chi connectivity index (χ3v) is 7.90. The Morgan fingerprint density at radius 1 is 0.475 bits per heavy atom. The summed E-state index contributed by atoms with van der Waals surface area (Å²) in [5.74, 6) is 0.210. The van der Waals surface area contributed by atoms with E-state index in [1.54, 1.807) is 0 Å². The van der Waals surface area contributed by atoms with E-state index in [4.69, 9.17) is 5.11 Å². The number of nitrogens with zero attached hydrogens (tertiary/aromatic N) is 1. The molecule has 0 saturated carbocycles. The fraction of sp³-hybridized carbons (Fsp3) is 0.941. The summed E-state index contributed by atoms with van der Waals surface area (Å²) in [7, 11) is 0. The molecular formula is C34H69N3O3. The van der Waals surface area contributed by atoms with E-state index >= 15 is 0 Å². The molecule has 6 heteroatoms. The molecule has 0 fully saturated rings. The number of amides is 2. The third-order valence-electron chi connectivity index (χ3n) is 7.90. The number of hydrogen-bond acceptors (Lipinski definition) is 4. The number of hydrogen-bond donors (Lipinski definition) is 3. The molecule has 0 atom stereocenters. The van der Waals surface area contributed by atoms with Gasteiger partial charge in [-0.2, -0.15) is 0 Å². The van der Waals surface area contributed by atoms with Gasteiger partial charge in [0.1, 0.15) is 0 Å². The Morgan fingerprint density at radius 2 is 0.825 bits per heavy atom. The highest BCUT2D eigenvalue weighted by atomic mass is 16.3. The lowest BCUT2D eigenvalue weighted by Gasteiger charge is -2.22. The molecule has 0 aromatic rings. The maximum atomic E-state index is 12.3. The van der Waals surface area contributed by atoms with E-state index in [-0.39, 0.29) is 18.4 Å². The molecule has 0 aromatic carbocycles. The van der Waals surface area contributed by atoms with E-state index in [2.05, 4.69) is 29.4 Å². The molecule has 40 heavy (non-hydrogen) atoms. The van der Waals surface area contributed by atoms with Crippen molar-refractivity contribution in [1.82, 2.24) is 15.5 Å². The number of unbranched alkanes of at least 4 members (excludes halogenated alkanes) is 19. The van der Waals surface area contributed by atoms with Gasteiger partial charge in [-0.25, -0.2) is 0 Å². The molecular weight excluding hydrogens is 498 g/mol. The molecule has 0 bridgehead atoms. The van der Waals surface area contributed by atoms with Crippen molar-refractivity contribution < 1.29 is 14.7 Å². The Balaban J connectivity index is 3.85. The second-order valence-corrected chi connectivity index (χ2v) is 11.8. The lowest BCUT2D eigenvalue weighted by atomic mass is 10.1. The number of aliphatic hydroxyl groups is 1. The molecule has 3 N–H and O–H groups in total. The van der Waals surface area contributed by atoms with Crippen molar-refractivity contribution in [3.63, 3.8) is 0 Å². The molecule has 0 rings (SSSR count). The summed E-state index contributed by atoms with van der Waals surface area (Å²) in [6, 6.07) is 0. The fourth-order valence-electron chi connectivity index (χ4n) is 5.16. The van der Waals surface area contributed by atoms with Crippen LogP contribution in [-0.4, -0.2) is 61.2 Å². The molecule has 0 radical (unpaired) electrons. The second-order valence-electron chi connectivity index (χ2n) is 11.8. The molecule has 0 heterocycles. The van der Waals surface area contributed by atoms with Crippen LogP contribution in [0.25, 0.3) is 0 Å². The van der Waals surface area contributed by atoms with Crippen LogP contribution in [0, 0.1) is 0 Å². The summed E-state index contributed by atoms with van der Waals surface area (Å²) in [5, 5.41) is 15.3. The Morgan fingerprint density at radius 3 is 1.18 bits per heavy atom. The van der Waals surface area contributed by atoms with E-state index in [0.29, 0.717) is 25.9 Å². The molecule has 0 unspecified atom stereocenters. The molecule has 2 amide bonds. The van der Waals surface area contributed by atoms with Gasteiger partial charge in [0, 0.05) is 45.6 Å². The van der Waals surface area contributed by atoms with Crippen molar-refractivity contribution in [2.24, 2.45) is 0 Å². The summed E-state index contributed by atoms with van der Waals surface area (Å²) in [6.45, 7) is 8.39. The van der Waals surface area contributed by atoms with Crippen LogP contribution in [0.1, 0.15) is 168 Å². The largest absolute Gasteiger partial charge is 0.396 e. The maximum Gasteiger partial charge on any atom is 0.221 e. The molecule has 0 aromatic heterocycles. The van der Waals surface area contributed by atoms with Crippen molar-refractivity contribution in [1.29, 1.82) is 0 Å². The Labute approximate surface area is 249 Å². The minimum Gasteiger partial charge on any atom is -0.396 e. The lowest BCUT2D eigenvalue weighted by Crippen LogP contribution is -2.35. The van der Waals surface area contributed by atoms with E-state index < -0.39 is 0 Å². The van der Waals surface area contributed by atoms with E-state index in [0.717, 1.165) is 45.3 Å². The third kappa shape index (κ3) is 29.8. The van der Waals surface area contributed by atoms with E-state index in [1.807, 2.05) is 0 Å². The lowest BCUT2D eigenvalue weighted by molar-refractivity contribution is -0.121. The monoisotopic (exact) mass is 568 g/mol. The van der Waals surface area contributed by atoms with Crippen LogP contribution < -0.4 is 10.6 Å². The average Bonchev–Trinajstić information content (AvgIpc) is 2.95. The van der Waals surface area contributed by atoms with Crippen molar-refractivity contribution in [2.75, 3.05) is 39.3 Å². The molecule has 6 nitrogen and oxygen atoms in total. The molecule has 0 aliphatic heterocycles. The number of aliphatic hydroxyl groups excluding tert-OH is 1. The van der Waals surface area contributed by atoms with Gasteiger partial charge in [0.2, 0.25) is 11.8 Å². The predicted molar refractivity (Wildman–Crippen MR) is 172 cm³/mol. The zero-order valence-electron chi connectivity index (χ0n) is 26.9. The highest BCUT2D eigenvalue weighted by Gasteiger charge is 2.11. The smallest absolute Gasteiger partial charge is 0.221 e. The second kappa shape index (κ2) is 32.4. The van der Waals surface area contributed by atoms with Gasteiger partial charge >= 0.3 is 0 Å². The molecule has 238 valence electrons. The summed E-state index contributed by atoms with van der Waals surface area (Å²) in [6.07, 6.45) is 28.6. The van der Waals surface area contributed by atoms with Crippen LogP contribution in [0.4, 0.5) is 0 Å². The van der Waals surface area contributed by atoms with Crippen LogP contribution in [0.5, 0.6) is 0 Å². The van der Waals surface area contributed by atoms with Gasteiger partial charge in [-0.15, -0.1) is 0 Å². The van der Waals surface area contributed by atoms with Gasteiger partial charge in [-0.3, -0.25) is 9.59 Å². The molecule has 0 spiro atoms. The van der Waals surface area contributed by atoms with Crippen molar-refractivity contribution >= 4 is 11.8 Å². The number of carbonyl (C=O) groups excluding carboxylic acids is 2. The fourth-order valence-corrected chi connectivity index (χ4v) is 5.16. The summed E-state index contributed by atoms with van der Waals surface area (Å²) in [4.78, 5) is 26.9. The molecule has 0 aliphatic rings. The summed E-state index contributed by atoms with van der Waals surface area (Å²) >= 11 is 0. The first kappa shape index (κ1) is 38.9. The van der Waals surface area contributed by atoms with Crippen molar-refractivity contribution in [2.45, 2.75) is 168 Å². The van der Waals surface area contributed by atoms with Gasteiger partial charge in [0.15, 0.2) is 0 Å². The first-order valence-corrected chi connectivity index (χ1v) is 17.5. The number of nitrogens with one attached hydrogen (secondary N) is 2. The van der Waals surface area contributed by atoms with Gasteiger partial charge in [0.25, 0.3) is 0 Å². The Kier molecular flexibility index (Phi) is 31.5. The zero-order valence-corrected chi connectivity index (χ0v) is 26.9. The minimum absolute atomic E-state index is 0.105. The minimum atomic E-state index is 0.105. The van der Waals surface area contributed by atoms with Gasteiger partial charge in [0.05, 0.1) is 0 Å². The van der Waals surface area contributed by atoms with Gasteiger partial charge in [-0.1, -0.05) is 129 Å². The molecule has 0 aliphatic carbocycles. The standard InChI is InChI=1S/C34H69N3O3/c1-3-5-7-9-11-13-15-17-19-21-27-35-33(39)25-30-37(29-23-24-32-38)31-26-34(40)36-28-22-20-18-16-14-12-10-8-6-4-2/h38H,3-32H2,1-2H3,(H,35,39)(H,36,40). The Hall–Kier alpha value is -1.14. The SMILES string of the molecule is CCCCCCCCCCCCNC(=O)CCN(CCCCO)CCC(=O)NCCCCCCCCCCCC. The van der Waals surface area contributed by atoms with Gasteiger partial charge in [-0.05, 0) is 32.2 Å². The first-order valence-electron chi connectivity index (χ1n) is 17.5. The van der Waals surface area contributed by atoms with Crippen LogP contribution >= 0.6 is 0 Å². The normalized spacial score (nSPS) is 11.3. The zero-order chi connectivity index (χ0) is 29.4. The maximum absolute atomic E-state index is 12.3. The van der Waals surface area contributed by atoms with Crippen LogP contribution in [0.2, 0.25) is 0 Å². The first-order chi connectivity index (χ1) is 19.6. The predicted octanol–water partition coefficient (Wildman–Crippen LogP) is 7.92. The quantitative estimate of drug-likeness (QED) is 0.0721. The number of rotatable bonds is 32. The topological polar surface area (TPSA) is 81.7 Å².